The number of amides is 1. The first-order valence-electron chi connectivity index (χ1n) is 9.57. The van der Waals surface area contributed by atoms with E-state index < -0.39 is 21.7 Å². The highest BCUT2D eigenvalue weighted by molar-refractivity contribution is 7.92. The van der Waals surface area contributed by atoms with Gasteiger partial charge in [0, 0.05) is 16.8 Å². The lowest BCUT2D eigenvalue weighted by Crippen LogP contribution is -2.13. The number of phenols is 3. The Kier molecular flexibility index (Phi) is 5.67. The van der Waals surface area contributed by atoms with E-state index in [-0.39, 0.29) is 33.3 Å². The lowest BCUT2D eigenvalue weighted by atomic mass is 10.1. The quantitative estimate of drug-likeness (QED) is 0.249. The van der Waals surface area contributed by atoms with Crippen LogP contribution in [-0.2, 0) is 10.0 Å². The number of sulfonamides is 1. The molecule has 0 unspecified atom stereocenters. The van der Waals surface area contributed by atoms with E-state index in [9.17, 15) is 28.5 Å². The molecule has 10 heteroatoms. The van der Waals surface area contributed by atoms with Gasteiger partial charge in [-0.2, -0.15) is 0 Å². The summed E-state index contributed by atoms with van der Waals surface area (Å²) in [6.45, 7) is 0. The third-order valence-electron chi connectivity index (χ3n) is 4.75. The summed E-state index contributed by atoms with van der Waals surface area (Å²) < 4.78 is 28.1. The number of anilines is 1. The maximum absolute atomic E-state index is 12.8. The van der Waals surface area contributed by atoms with Crippen LogP contribution in [0.2, 0.25) is 0 Å². The number of nitrogens with zero attached hydrogens (tertiary/aromatic N) is 2. The van der Waals surface area contributed by atoms with E-state index in [1.54, 1.807) is 42.5 Å². The molecular formula is C23H17N3O6S. The van der Waals surface area contributed by atoms with E-state index >= 15 is 0 Å². The van der Waals surface area contributed by atoms with Crippen LogP contribution in [0.4, 0.5) is 11.4 Å². The van der Waals surface area contributed by atoms with Crippen molar-refractivity contribution in [2.24, 2.45) is 10.2 Å². The van der Waals surface area contributed by atoms with Gasteiger partial charge in [0.15, 0.2) is 5.75 Å². The van der Waals surface area contributed by atoms with E-state index in [0.717, 1.165) is 6.07 Å². The largest absolute Gasteiger partial charge is 0.508 e. The summed E-state index contributed by atoms with van der Waals surface area (Å²) >= 11 is 0. The van der Waals surface area contributed by atoms with Crippen LogP contribution in [0.1, 0.15) is 10.4 Å². The molecule has 0 atom stereocenters. The normalized spacial score (nSPS) is 11.6. The molecule has 1 amide bonds. The van der Waals surface area contributed by atoms with Crippen molar-refractivity contribution in [1.29, 1.82) is 0 Å². The monoisotopic (exact) mass is 463 g/mol. The molecule has 0 bridgehead atoms. The van der Waals surface area contributed by atoms with Gasteiger partial charge in [0.1, 0.15) is 17.2 Å². The van der Waals surface area contributed by atoms with Gasteiger partial charge < -0.3 is 15.3 Å². The second-order valence-corrected chi connectivity index (χ2v) is 8.65. The Hall–Kier alpha value is -4.44. The number of fused-ring (bicyclic) bond motifs is 1. The van der Waals surface area contributed by atoms with Crippen molar-refractivity contribution in [3.63, 3.8) is 0 Å². The number of azo groups is 1. The summed E-state index contributed by atoms with van der Waals surface area (Å²) in [5, 5.41) is 37.8. The van der Waals surface area contributed by atoms with Gasteiger partial charge in [0.05, 0.1) is 16.1 Å². The average molecular weight is 463 g/mol. The van der Waals surface area contributed by atoms with Gasteiger partial charge in [-0.25, -0.2) is 8.42 Å². The average Bonchev–Trinajstić information content (AvgIpc) is 2.80. The smallest absolute Gasteiger partial charge is 0.299 e. The highest BCUT2D eigenvalue weighted by Gasteiger charge is 2.19. The SMILES string of the molecule is O=C(N=Nc1cc(NS(=O)(=O)c2ccccc2)c2ccccc2c1O)c1ccc(O)cc1O. The van der Waals surface area contributed by atoms with Crippen LogP contribution < -0.4 is 4.72 Å². The maximum atomic E-state index is 12.8. The molecule has 9 nitrogen and oxygen atoms in total. The van der Waals surface area contributed by atoms with E-state index in [1.165, 1.54) is 30.3 Å². The van der Waals surface area contributed by atoms with Crippen LogP contribution in [0.25, 0.3) is 10.8 Å². The van der Waals surface area contributed by atoms with Crippen molar-refractivity contribution in [2.75, 3.05) is 4.72 Å². The van der Waals surface area contributed by atoms with Gasteiger partial charge >= 0.3 is 0 Å². The Morgan fingerprint density at radius 3 is 2.18 bits per heavy atom. The minimum absolute atomic E-state index is 0.0447. The molecule has 0 saturated heterocycles. The first-order valence-corrected chi connectivity index (χ1v) is 11.1. The van der Waals surface area contributed by atoms with E-state index in [4.69, 9.17) is 0 Å². The first kappa shape index (κ1) is 21.8. The molecule has 4 aromatic carbocycles. The zero-order valence-corrected chi connectivity index (χ0v) is 17.7. The molecule has 0 radical (unpaired) electrons. The predicted octanol–water partition coefficient (Wildman–Crippen LogP) is 4.68. The van der Waals surface area contributed by atoms with Crippen LogP contribution in [0.15, 0.2) is 94.0 Å². The van der Waals surface area contributed by atoms with Gasteiger partial charge in [0.25, 0.3) is 15.9 Å². The maximum Gasteiger partial charge on any atom is 0.299 e. The summed E-state index contributed by atoms with van der Waals surface area (Å²) in [5.41, 5.74) is -0.242. The fourth-order valence-electron chi connectivity index (χ4n) is 3.16. The molecule has 33 heavy (non-hydrogen) atoms. The second-order valence-electron chi connectivity index (χ2n) is 6.96. The van der Waals surface area contributed by atoms with Crippen molar-refractivity contribution < 1.29 is 28.5 Å². The number of nitrogens with one attached hydrogen (secondary N) is 1. The molecule has 0 fully saturated rings. The van der Waals surface area contributed by atoms with Gasteiger partial charge in [-0.05, 0) is 30.3 Å². The van der Waals surface area contributed by atoms with Crippen molar-refractivity contribution in [1.82, 2.24) is 0 Å². The van der Waals surface area contributed by atoms with Crippen LogP contribution in [-0.4, -0.2) is 29.6 Å². The summed E-state index contributed by atoms with van der Waals surface area (Å²) in [6, 6.07) is 18.9. The van der Waals surface area contributed by atoms with Gasteiger partial charge in [0.2, 0.25) is 0 Å². The van der Waals surface area contributed by atoms with Crippen molar-refractivity contribution in [2.45, 2.75) is 4.90 Å². The van der Waals surface area contributed by atoms with Crippen LogP contribution in [0.5, 0.6) is 17.2 Å². The minimum Gasteiger partial charge on any atom is -0.508 e. The minimum atomic E-state index is -3.95. The number of aromatic hydroxyl groups is 3. The molecule has 4 N–H and O–H groups in total. The molecular weight excluding hydrogens is 446 g/mol. The molecule has 4 aromatic rings. The molecule has 0 saturated carbocycles. The van der Waals surface area contributed by atoms with Gasteiger partial charge in [-0.1, -0.05) is 42.5 Å². The van der Waals surface area contributed by atoms with Crippen molar-refractivity contribution in [3.05, 3.63) is 84.4 Å². The number of hydrogen-bond donors (Lipinski definition) is 4. The van der Waals surface area contributed by atoms with Crippen molar-refractivity contribution >= 4 is 38.1 Å². The molecule has 0 aliphatic carbocycles. The summed E-state index contributed by atoms with van der Waals surface area (Å²) in [5.74, 6) is -1.95. The zero-order valence-electron chi connectivity index (χ0n) is 16.9. The molecule has 0 aliphatic heterocycles. The van der Waals surface area contributed by atoms with Gasteiger partial charge in [-0.3, -0.25) is 9.52 Å². The fraction of sp³-hybridized carbons (Fsp3) is 0. The number of phenolic OH excluding ortho intramolecular Hbond substituents is 3. The fourth-order valence-corrected chi connectivity index (χ4v) is 4.26. The van der Waals surface area contributed by atoms with Crippen LogP contribution in [0.3, 0.4) is 0 Å². The topological polar surface area (TPSA) is 149 Å². The Labute approximate surface area is 188 Å². The number of carbonyl (C=O) groups is 1. The van der Waals surface area contributed by atoms with Crippen LogP contribution in [0, 0.1) is 0 Å². The predicted molar refractivity (Wildman–Crippen MR) is 121 cm³/mol. The van der Waals surface area contributed by atoms with Crippen molar-refractivity contribution in [3.8, 4) is 17.2 Å². The van der Waals surface area contributed by atoms with E-state index in [1.807, 2.05) is 0 Å². The highest BCUT2D eigenvalue weighted by Crippen LogP contribution is 2.40. The molecule has 0 aliphatic rings. The number of benzene rings is 4. The Morgan fingerprint density at radius 2 is 1.48 bits per heavy atom. The first-order chi connectivity index (χ1) is 15.8. The van der Waals surface area contributed by atoms with E-state index in [2.05, 4.69) is 15.0 Å². The highest BCUT2D eigenvalue weighted by atomic mass is 32.2. The molecule has 166 valence electrons. The lowest BCUT2D eigenvalue weighted by Gasteiger charge is -2.13. The Balaban J connectivity index is 1.76. The Morgan fingerprint density at radius 1 is 0.818 bits per heavy atom. The summed E-state index contributed by atoms with van der Waals surface area (Å²) in [6.07, 6.45) is 0. The van der Waals surface area contributed by atoms with Crippen LogP contribution >= 0.6 is 0 Å². The molecule has 0 aromatic heterocycles. The molecule has 0 spiro atoms. The molecule has 4 rings (SSSR count). The third kappa shape index (κ3) is 4.46. The van der Waals surface area contributed by atoms with Gasteiger partial charge in [-0.15, -0.1) is 10.2 Å². The summed E-state index contributed by atoms with van der Waals surface area (Å²) in [7, 11) is -3.95. The van der Waals surface area contributed by atoms with E-state index in [0.29, 0.717) is 10.8 Å². The second kappa shape index (κ2) is 8.60. The standard InChI is InChI=1S/C23H17N3O6S/c27-14-10-11-18(21(28)12-14)23(30)25-24-20-13-19(16-8-4-5-9-17(16)22(20)29)26-33(31,32)15-6-2-1-3-7-15/h1-13,26-29H. The number of hydrogen-bond acceptors (Lipinski definition) is 7. The lowest BCUT2D eigenvalue weighted by molar-refractivity contribution is 0.0992. The third-order valence-corrected chi connectivity index (χ3v) is 6.14. The number of rotatable bonds is 5. The number of carbonyl (C=O) groups excluding carboxylic acids is 1. The molecule has 0 heterocycles. The zero-order chi connectivity index (χ0) is 23.6. The summed E-state index contributed by atoms with van der Waals surface area (Å²) in [4.78, 5) is 12.4. The Bertz CT molecular complexity index is 1500.